The second-order valence-corrected chi connectivity index (χ2v) is 7.09. The van der Waals surface area contributed by atoms with Gasteiger partial charge in [0.1, 0.15) is 0 Å². The van der Waals surface area contributed by atoms with Crippen LogP contribution in [0.4, 0.5) is 0 Å². The number of benzene rings is 3. The number of halogens is 1. The van der Waals surface area contributed by atoms with Gasteiger partial charge < -0.3 is 5.32 Å². The molecule has 0 atom stereocenters. The molecule has 2 nitrogen and oxygen atoms in total. The molecule has 0 saturated carbocycles. The summed E-state index contributed by atoms with van der Waals surface area (Å²) in [5.41, 5.74) is 3.57. The van der Waals surface area contributed by atoms with Crippen molar-refractivity contribution in [3.8, 4) is 0 Å². The zero-order valence-electron chi connectivity index (χ0n) is 15.3. The van der Waals surface area contributed by atoms with Gasteiger partial charge in [-0.2, -0.15) is 0 Å². The molecule has 1 amide bonds. The van der Waals surface area contributed by atoms with Gasteiger partial charge in [-0.15, -0.1) is 0 Å². The van der Waals surface area contributed by atoms with E-state index in [4.69, 9.17) is 11.6 Å². The van der Waals surface area contributed by atoms with E-state index >= 15 is 0 Å². The van der Waals surface area contributed by atoms with Crippen LogP contribution in [0.1, 0.15) is 35.4 Å². The predicted molar refractivity (Wildman–Crippen MR) is 112 cm³/mol. The molecule has 0 aliphatic rings. The lowest BCUT2D eigenvalue weighted by Crippen LogP contribution is -2.26. The number of hydrogen-bond donors (Lipinski definition) is 1. The fourth-order valence-corrected chi connectivity index (χ4v) is 3.35. The van der Waals surface area contributed by atoms with Crippen molar-refractivity contribution in [2.75, 3.05) is 6.54 Å². The molecule has 3 aromatic carbocycles. The summed E-state index contributed by atoms with van der Waals surface area (Å²) < 4.78 is 0. The summed E-state index contributed by atoms with van der Waals surface area (Å²) in [7, 11) is 0. The molecule has 0 aromatic heterocycles. The average Bonchev–Trinajstić information content (AvgIpc) is 2.72. The number of nitrogens with one attached hydrogen (secondary N) is 1. The summed E-state index contributed by atoms with van der Waals surface area (Å²) in [5, 5.41) is 3.82. The SMILES string of the molecule is O=C(CC(c1ccccc1)c1ccccc1)NCCCc1ccc(Cl)cc1. The maximum absolute atomic E-state index is 12.5. The highest BCUT2D eigenvalue weighted by Gasteiger charge is 2.17. The molecule has 138 valence electrons. The van der Waals surface area contributed by atoms with Gasteiger partial charge in [-0.1, -0.05) is 84.4 Å². The molecule has 27 heavy (non-hydrogen) atoms. The van der Waals surface area contributed by atoms with E-state index in [1.165, 1.54) is 16.7 Å². The van der Waals surface area contributed by atoms with Gasteiger partial charge in [0.2, 0.25) is 5.91 Å². The van der Waals surface area contributed by atoms with E-state index in [0.717, 1.165) is 17.9 Å². The smallest absolute Gasteiger partial charge is 0.220 e. The van der Waals surface area contributed by atoms with Crippen molar-refractivity contribution < 1.29 is 4.79 Å². The number of aryl methyl sites for hydroxylation is 1. The van der Waals surface area contributed by atoms with Gasteiger partial charge in [-0.3, -0.25) is 4.79 Å². The quantitative estimate of drug-likeness (QED) is 0.508. The zero-order valence-corrected chi connectivity index (χ0v) is 16.0. The molecule has 3 rings (SSSR count). The molecular formula is C24H24ClNO. The van der Waals surface area contributed by atoms with Crippen LogP contribution in [0.3, 0.4) is 0 Å². The van der Waals surface area contributed by atoms with Crippen LogP contribution in [0.15, 0.2) is 84.9 Å². The molecule has 0 heterocycles. The van der Waals surface area contributed by atoms with Crippen molar-refractivity contribution in [2.45, 2.75) is 25.2 Å². The van der Waals surface area contributed by atoms with Crippen molar-refractivity contribution in [2.24, 2.45) is 0 Å². The molecule has 3 heteroatoms. The van der Waals surface area contributed by atoms with Gasteiger partial charge in [0.15, 0.2) is 0 Å². The molecule has 0 fully saturated rings. The lowest BCUT2D eigenvalue weighted by molar-refractivity contribution is -0.121. The molecule has 0 spiro atoms. The van der Waals surface area contributed by atoms with Crippen molar-refractivity contribution in [3.05, 3.63) is 107 Å². The Kier molecular flexibility index (Phi) is 7.06. The number of amides is 1. The fraction of sp³-hybridized carbons (Fsp3) is 0.208. The van der Waals surface area contributed by atoms with E-state index in [1.54, 1.807) is 0 Å². The predicted octanol–water partition coefficient (Wildman–Crippen LogP) is 5.61. The third-order valence-electron chi connectivity index (χ3n) is 4.67. The topological polar surface area (TPSA) is 29.1 Å². The van der Waals surface area contributed by atoms with Crippen LogP contribution < -0.4 is 5.32 Å². The maximum atomic E-state index is 12.5. The lowest BCUT2D eigenvalue weighted by atomic mass is 9.88. The average molecular weight is 378 g/mol. The summed E-state index contributed by atoms with van der Waals surface area (Å²) in [6.07, 6.45) is 2.29. The van der Waals surface area contributed by atoms with Crippen LogP contribution in [0.2, 0.25) is 5.02 Å². The number of hydrogen-bond acceptors (Lipinski definition) is 1. The van der Waals surface area contributed by atoms with E-state index in [0.29, 0.717) is 13.0 Å². The van der Waals surface area contributed by atoms with Crippen LogP contribution in [-0.4, -0.2) is 12.5 Å². The summed E-state index contributed by atoms with van der Waals surface area (Å²) in [4.78, 5) is 12.5. The van der Waals surface area contributed by atoms with Gasteiger partial charge in [0.25, 0.3) is 0 Å². The van der Waals surface area contributed by atoms with Crippen molar-refractivity contribution in [3.63, 3.8) is 0 Å². The summed E-state index contributed by atoms with van der Waals surface area (Å²) >= 11 is 5.91. The first kappa shape index (κ1) is 19.2. The molecule has 0 unspecified atom stereocenters. The van der Waals surface area contributed by atoms with Crippen molar-refractivity contribution in [1.82, 2.24) is 5.32 Å². The van der Waals surface area contributed by atoms with E-state index in [-0.39, 0.29) is 11.8 Å². The van der Waals surface area contributed by atoms with Gasteiger partial charge in [-0.25, -0.2) is 0 Å². The van der Waals surface area contributed by atoms with Gasteiger partial charge >= 0.3 is 0 Å². The molecule has 0 radical (unpaired) electrons. The van der Waals surface area contributed by atoms with E-state index in [9.17, 15) is 4.79 Å². The minimum absolute atomic E-state index is 0.0728. The van der Waals surface area contributed by atoms with Gasteiger partial charge in [0.05, 0.1) is 0 Å². The van der Waals surface area contributed by atoms with E-state index < -0.39 is 0 Å². The minimum Gasteiger partial charge on any atom is -0.356 e. The number of rotatable bonds is 8. The molecule has 0 aliphatic heterocycles. The van der Waals surface area contributed by atoms with Crippen molar-refractivity contribution in [1.29, 1.82) is 0 Å². The highest BCUT2D eigenvalue weighted by atomic mass is 35.5. The lowest BCUT2D eigenvalue weighted by Gasteiger charge is -2.18. The monoisotopic (exact) mass is 377 g/mol. The van der Waals surface area contributed by atoms with Crippen LogP contribution in [0, 0.1) is 0 Å². The highest BCUT2D eigenvalue weighted by Crippen LogP contribution is 2.27. The Morgan fingerprint density at radius 2 is 1.37 bits per heavy atom. The second kappa shape index (κ2) is 9.94. The maximum Gasteiger partial charge on any atom is 0.220 e. The minimum atomic E-state index is 0.0728. The summed E-state index contributed by atoms with van der Waals surface area (Å²) in [6.45, 7) is 0.678. The fourth-order valence-electron chi connectivity index (χ4n) is 3.23. The van der Waals surface area contributed by atoms with Gasteiger partial charge in [0, 0.05) is 23.9 Å². The van der Waals surface area contributed by atoms with Crippen LogP contribution in [0.25, 0.3) is 0 Å². The molecule has 1 N–H and O–H groups in total. The Hall–Kier alpha value is -2.58. The number of carbonyl (C=O) groups is 1. The summed E-state index contributed by atoms with van der Waals surface area (Å²) in [6, 6.07) is 28.3. The normalized spacial score (nSPS) is 10.7. The van der Waals surface area contributed by atoms with Crippen molar-refractivity contribution >= 4 is 17.5 Å². The molecule has 0 bridgehead atoms. The molecule has 3 aromatic rings. The van der Waals surface area contributed by atoms with Crippen LogP contribution in [0.5, 0.6) is 0 Å². The Morgan fingerprint density at radius 3 is 1.93 bits per heavy atom. The van der Waals surface area contributed by atoms with E-state index in [1.807, 2.05) is 60.7 Å². The first-order chi connectivity index (χ1) is 13.2. The summed E-state index contributed by atoms with van der Waals surface area (Å²) in [5.74, 6) is 0.160. The molecular weight excluding hydrogens is 354 g/mol. The molecule has 0 aliphatic carbocycles. The largest absolute Gasteiger partial charge is 0.356 e. The Labute approximate surface area is 166 Å². The Balaban J connectivity index is 1.54. The van der Waals surface area contributed by atoms with E-state index in [2.05, 4.69) is 29.6 Å². The first-order valence-electron chi connectivity index (χ1n) is 9.33. The zero-order chi connectivity index (χ0) is 18.9. The highest BCUT2D eigenvalue weighted by molar-refractivity contribution is 6.30. The second-order valence-electron chi connectivity index (χ2n) is 6.66. The van der Waals surface area contributed by atoms with Gasteiger partial charge in [-0.05, 0) is 41.7 Å². The van der Waals surface area contributed by atoms with Crippen LogP contribution in [-0.2, 0) is 11.2 Å². The Bertz CT molecular complexity index is 792. The van der Waals surface area contributed by atoms with Crippen LogP contribution >= 0.6 is 11.6 Å². The standard InChI is InChI=1S/C24H24ClNO/c25-22-15-13-19(14-16-22)8-7-17-26-24(27)18-23(20-9-3-1-4-10-20)21-11-5-2-6-12-21/h1-6,9-16,23H,7-8,17-18H2,(H,26,27). The third-order valence-corrected chi connectivity index (χ3v) is 4.92. The Morgan fingerprint density at radius 1 is 0.815 bits per heavy atom. The third kappa shape index (κ3) is 5.97. The first-order valence-corrected chi connectivity index (χ1v) is 9.71. The number of carbonyl (C=O) groups excluding carboxylic acids is 1. The molecule has 0 saturated heterocycles.